The summed E-state index contributed by atoms with van der Waals surface area (Å²) in [5, 5.41) is 21.4. The molecule has 2 N–H and O–H groups in total. The summed E-state index contributed by atoms with van der Waals surface area (Å²) in [5.41, 5.74) is 3.80. The molecule has 1 heterocycles. The highest BCUT2D eigenvalue weighted by atomic mass is 32.2. The molecule has 0 aromatic heterocycles. The number of ketones is 1. The normalized spacial score (nSPS) is 15.2. The minimum absolute atomic E-state index is 0.0370. The van der Waals surface area contributed by atoms with E-state index in [0.29, 0.717) is 22.3 Å². The van der Waals surface area contributed by atoms with E-state index in [9.17, 15) is 41.4 Å². The van der Waals surface area contributed by atoms with Gasteiger partial charge in [0.05, 0.1) is 0 Å². The molecule has 2 atom stereocenters. The van der Waals surface area contributed by atoms with Gasteiger partial charge in [-0.05, 0) is 139 Å². The molecule has 1 fully saturated rings. The molecule has 13 heteroatoms. The Morgan fingerprint density at radius 1 is 0.700 bits per heavy atom. The van der Waals surface area contributed by atoms with Crippen LogP contribution in [0.4, 0.5) is 26.3 Å². The number of Topliss-reactive ketones (excluding diaryl/α,β-unsaturated/α-hetero) is 1. The topological polar surface area (TPSA) is 76.0 Å². The van der Waals surface area contributed by atoms with Crippen LogP contribution in [-0.2, 0) is 4.08 Å². The fourth-order valence-corrected chi connectivity index (χ4v) is 8.87. The van der Waals surface area contributed by atoms with E-state index in [0.717, 1.165) is 35.1 Å². The van der Waals surface area contributed by atoms with Crippen molar-refractivity contribution in [1.82, 2.24) is 0 Å². The first-order valence-electron chi connectivity index (χ1n) is 15.4. The number of thioether (sulfide) groups is 2. The van der Waals surface area contributed by atoms with Crippen molar-refractivity contribution in [2.45, 2.75) is 63.6 Å². The van der Waals surface area contributed by atoms with E-state index < -0.39 is 41.1 Å². The molecule has 4 aromatic rings. The number of alkyl halides is 4. The Labute approximate surface area is 295 Å². The number of ether oxygens (including phenoxy) is 2. The first-order valence-corrected chi connectivity index (χ1v) is 17.4. The van der Waals surface area contributed by atoms with Crippen LogP contribution in [0.15, 0.2) is 72.8 Å². The lowest BCUT2D eigenvalue weighted by Crippen LogP contribution is -2.31. The van der Waals surface area contributed by atoms with E-state index >= 15 is 0 Å². The molecule has 5 rings (SSSR count). The number of aliphatic hydroxyl groups is 2. The second-order valence-electron chi connectivity index (χ2n) is 11.7. The molecule has 4 aromatic carbocycles. The van der Waals surface area contributed by atoms with Gasteiger partial charge in [0.25, 0.3) is 0 Å². The zero-order valence-electron chi connectivity index (χ0n) is 27.6. The lowest BCUT2D eigenvalue weighted by Gasteiger charge is -2.40. The maximum atomic E-state index is 14.1. The van der Waals surface area contributed by atoms with Gasteiger partial charge in [0, 0.05) is 5.56 Å². The van der Waals surface area contributed by atoms with Gasteiger partial charge < -0.3 is 19.7 Å². The highest BCUT2D eigenvalue weighted by Crippen LogP contribution is 2.57. The highest BCUT2D eigenvalue weighted by Gasteiger charge is 2.44. The Kier molecular flexibility index (Phi) is 13.3. The third-order valence-corrected chi connectivity index (χ3v) is 11.2. The maximum Gasteiger partial charge on any atom is 0.387 e. The van der Waals surface area contributed by atoms with Gasteiger partial charge in [0.1, 0.15) is 39.4 Å². The average molecular weight is 739 g/mol. The van der Waals surface area contributed by atoms with Crippen LogP contribution in [0.3, 0.4) is 0 Å². The van der Waals surface area contributed by atoms with Crippen molar-refractivity contribution in [2.24, 2.45) is 0 Å². The van der Waals surface area contributed by atoms with Crippen molar-refractivity contribution in [3.63, 3.8) is 0 Å². The lowest BCUT2D eigenvalue weighted by molar-refractivity contribution is -0.0509. The van der Waals surface area contributed by atoms with Crippen molar-refractivity contribution < 1.29 is 50.8 Å². The monoisotopic (exact) mass is 738 g/mol. The molecular formula is C37H36F6O5S2. The van der Waals surface area contributed by atoms with Gasteiger partial charge in [0.15, 0.2) is 5.78 Å². The molecule has 0 amide bonds. The summed E-state index contributed by atoms with van der Waals surface area (Å²) in [6.07, 6.45) is -1.43. The van der Waals surface area contributed by atoms with Gasteiger partial charge >= 0.3 is 13.2 Å². The van der Waals surface area contributed by atoms with Gasteiger partial charge in [0.2, 0.25) is 0 Å². The number of benzene rings is 4. The molecular weight excluding hydrogens is 703 g/mol. The molecule has 1 aliphatic heterocycles. The summed E-state index contributed by atoms with van der Waals surface area (Å²) in [6, 6.07) is 17.3. The van der Waals surface area contributed by atoms with Crippen LogP contribution in [0.25, 0.3) is 0 Å². The molecule has 1 aliphatic rings. The quantitative estimate of drug-likeness (QED) is 0.124. The minimum Gasteiger partial charge on any atom is -0.435 e. The van der Waals surface area contributed by atoms with Crippen LogP contribution in [0.2, 0.25) is 0 Å². The molecule has 50 heavy (non-hydrogen) atoms. The number of halogens is 6. The van der Waals surface area contributed by atoms with E-state index in [1.54, 1.807) is 49.5 Å². The predicted molar refractivity (Wildman–Crippen MR) is 183 cm³/mol. The molecule has 0 spiro atoms. The highest BCUT2D eigenvalue weighted by molar-refractivity contribution is 8.18. The van der Waals surface area contributed by atoms with Crippen molar-refractivity contribution in [1.29, 1.82) is 0 Å². The van der Waals surface area contributed by atoms with Crippen LogP contribution in [0.5, 0.6) is 11.5 Å². The Morgan fingerprint density at radius 3 is 1.70 bits per heavy atom. The third-order valence-electron chi connectivity index (χ3n) is 7.76. The van der Waals surface area contributed by atoms with Crippen molar-refractivity contribution in [3.8, 4) is 11.5 Å². The molecule has 0 bridgehead atoms. The Balaban J connectivity index is 0.000000228. The summed E-state index contributed by atoms with van der Waals surface area (Å²) < 4.78 is 84.9. The molecule has 0 aliphatic carbocycles. The maximum absolute atomic E-state index is 14.1. The predicted octanol–water partition coefficient (Wildman–Crippen LogP) is 9.76. The van der Waals surface area contributed by atoms with Crippen LogP contribution >= 0.6 is 23.5 Å². The fourth-order valence-electron chi connectivity index (χ4n) is 5.52. The van der Waals surface area contributed by atoms with Crippen LogP contribution in [0.1, 0.15) is 67.9 Å². The number of aryl methyl sites for hydroxylation is 4. The Bertz CT molecular complexity index is 1760. The van der Waals surface area contributed by atoms with Crippen molar-refractivity contribution >= 4 is 29.3 Å². The molecule has 0 saturated carbocycles. The van der Waals surface area contributed by atoms with Gasteiger partial charge in [-0.3, -0.25) is 4.79 Å². The number of hydrogen-bond acceptors (Lipinski definition) is 7. The summed E-state index contributed by atoms with van der Waals surface area (Å²) >= 11 is 3.20. The zero-order valence-corrected chi connectivity index (χ0v) is 29.2. The average Bonchev–Trinajstić information content (AvgIpc) is 3.05. The summed E-state index contributed by atoms with van der Waals surface area (Å²) in [4.78, 5) is 12.3. The summed E-state index contributed by atoms with van der Waals surface area (Å²) in [5.74, 6) is 0.175. The first kappa shape index (κ1) is 39.1. The van der Waals surface area contributed by atoms with Gasteiger partial charge in [-0.2, -0.15) is 17.6 Å². The Hall–Kier alpha value is -3.65. The smallest absolute Gasteiger partial charge is 0.387 e. The van der Waals surface area contributed by atoms with Crippen molar-refractivity contribution in [2.75, 3.05) is 11.5 Å². The lowest BCUT2D eigenvalue weighted by atomic mass is 9.97. The number of hydrogen-bond donors (Lipinski definition) is 2. The summed E-state index contributed by atoms with van der Waals surface area (Å²) in [6.45, 7) is 0.781. The van der Waals surface area contributed by atoms with Gasteiger partial charge in [-0.15, -0.1) is 23.5 Å². The molecule has 1 saturated heterocycles. The zero-order chi connectivity index (χ0) is 36.7. The first-order chi connectivity index (χ1) is 23.6. The number of rotatable bonds is 10. The molecule has 5 nitrogen and oxygen atoms in total. The SMILES string of the molecule is Cc1cc(F)cc(C(=O)C(O)c2ccc(OC(F)F)c(C)c2)c1.Cc1cc(F)cc(C2(C(O)c3ccc(OC(F)F)c(C)c3)SCCCS2)c1. The molecule has 0 radical (unpaired) electrons. The molecule has 2 unspecified atom stereocenters. The van der Waals surface area contributed by atoms with E-state index in [1.807, 2.05) is 13.0 Å². The summed E-state index contributed by atoms with van der Waals surface area (Å²) in [7, 11) is 0. The van der Waals surface area contributed by atoms with Gasteiger partial charge in [-0.25, -0.2) is 8.78 Å². The van der Waals surface area contributed by atoms with E-state index in [-0.39, 0.29) is 28.4 Å². The third kappa shape index (κ3) is 9.77. The van der Waals surface area contributed by atoms with Gasteiger partial charge in [-0.1, -0.05) is 18.2 Å². The van der Waals surface area contributed by atoms with Crippen LogP contribution in [0, 0.1) is 39.3 Å². The van der Waals surface area contributed by atoms with Crippen molar-refractivity contribution in [3.05, 3.63) is 129 Å². The number of aliphatic hydroxyl groups excluding tert-OH is 2. The van der Waals surface area contributed by atoms with E-state index in [1.165, 1.54) is 55.5 Å². The largest absolute Gasteiger partial charge is 0.435 e. The second-order valence-corrected chi connectivity index (χ2v) is 14.7. The van der Waals surface area contributed by atoms with Crippen LogP contribution in [-0.4, -0.2) is 40.7 Å². The minimum atomic E-state index is -2.96. The fraction of sp³-hybridized carbons (Fsp3) is 0.324. The van der Waals surface area contributed by atoms with E-state index in [2.05, 4.69) is 9.47 Å². The number of carbonyl (C=O) groups is 1. The van der Waals surface area contributed by atoms with Crippen LogP contribution < -0.4 is 9.47 Å². The Morgan fingerprint density at radius 2 is 1.20 bits per heavy atom. The number of carbonyl (C=O) groups excluding carboxylic acids is 1. The standard InChI is InChI=1S/C20H21F3O2S2.C17H15F3O3/c1-12-8-15(11-16(21)9-12)20(26-6-3-7-27-20)18(24)14-4-5-17(13(2)10-14)25-19(22)23;1-9-5-12(8-13(18)6-9)16(22)15(21)11-3-4-14(10(2)7-11)23-17(19)20/h4-5,8-11,18-19,24H,3,6-7H2,1-2H3;3-8,15,17,21H,1-2H3. The second kappa shape index (κ2) is 17.0. The molecule has 268 valence electrons. The van der Waals surface area contributed by atoms with E-state index in [4.69, 9.17) is 0 Å².